The number of hydrogen-bond donors (Lipinski definition) is 2. The van der Waals surface area contributed by atoms with Crippen LogP contribution >= 0.6 is 0 Å². The number of anilines is 1. The van der Waals surface area contributed by atoms with Crippen LogP contribution in [0.4, 0.5) is 5.82 Å². The SMILES string of the molecule is CCOC1CC(N)C1Nc1cncc(OC)n1. The normalized spacial score (nSPS) is 27.4. The lowest BCUT2D eigenvalue weighted by atomic mass is 9.83. The van der Waals surface area contributed by atoms with E-state index in [-0.39, 0.29) is 18.2 Å². The second-order valence-electron chi connectivity index (χ2n) is 4.01. The summed E-state index contributed by atoms with van der Waals surface area (Å²) in [4.78, 5) is 8.27. The molecule has 3 unspecified atom stereocenters. The molecule has 1 aromatic heterocycles. The van der Waals surface area contributed by atoms with E-state index in [1.54, 1.807) is 19.5 Å². The Labute approximate surface area is 101 Å². The second-order valence-corrected chi connectivity index (χ2v) is 4.01. The average Bonchev–Trinajstić information content (AvgIpc) is 2.36. The molecule has 0 amide bonds. The molecule has 0 radical (unpaired) electrons. The van der Waals surface area contributed by atoms with E-state index < -0.39 is 0 Å². The zero-order valence-corrected chi connectivity index (χ0v) is 10.1. The van der Waals surface area contributed by atoms with Crippen molar-refractivity contribution < 1.29 is 9.47 Å². The quantitative estimate of drug-likeness (QED) is 0.772. The highest BCUT2D eigenvalue weighted by Crippen LogP contribution is 2.25. The Kier molecular flexibility index (Phi) is 3.75. The van der Waals surface area contributed by atoms with Crippen LogP contribution < -0.4 is 15.8 Å². The van der Waals surface area contributed by atoms with E-state index in [2.05, 4.69) is 15.3 Å². The van der Waals surface area contributed by atoms with Crippen molar-refractivity contribution in [1.82, 2.24) is 9.97 Å². The summed E-state index contributed by atoms with van der Waals surface area (Å²) in [7, 11) is 1.56. The molecule has 6 nitrogen and oxygen atoms in total. The lowest BCUT2D eigenvalue weighted by molar-refractivity contribution is -0.0127. The van der Waals surface area contributed by atoms with Gasteiger partial charge in [-0.05, 0) is 13.3 Å². The highest BCUT2D eigenvalue weighted by molar-refractivity contribution is 5.37. The Bertz CT molecular complexity index is 372. The zero-order valence-electron chi connectivity index (χ0n) is 10.1. The van der Waals surface area contributed by atoms with Gasteiger partial charge in [0.05, 0.1) is 31.6 Å². The van der Waals surface area contributed by atoms with Crippen molar-refractivity contribution in [2.75, 3.05) is 19.0 Å². The average molecular weight is 238 g/mol. The molecule has 0 spiro atoms. The molecule has 0 aliphatic heterocycles. The third-order valence-corrected chi connectivity index (χ3v) is 2.88. The third kappa shape index (κ3) is 2.65. The van der Waals surface area contributed by atoms with Crippen LogP contribution in [0.3, 0.4) is 0 Å². The molecule has 1 heterocycles. The van der Waals surface area contributed by atoms with Gasteiger partial charge in [0.2, 0.25) is 5.88 Å². The first kappa shape index (κ1) is 12.1. The summed E-state index contributed by atoms with van der Waals surface area (Å²) < 4.78 is 10.6. The summed E-state index contributed by atoms with van der Waals surface area (Å²) >= 11 is 0. The fraction of sp³-hybridized carbons (Fsp3) is 0.636. The second kappa shape index (κ2) is 5.29. The molecule has 6 heteroatoms. The predicted molar refractivity (Wildman–Crippen MR) is 64.0 cm³/mol. The predicted octanol–water partition coefficient (Wildman–Crippen LogP) is 0.402. The number of rotatable bonds is 5. The molecule has 1 saturated carbocycles. The minimum atomic E-state index is 0.0938. The lowest BCUT2D eigenvalue weighted by Gasteiger charge is -2.42. The number of hydrogen-bond acceptors (Lipinski definition) is 6. The summed E-state index contributed by atoms with van der Waals surface area (Å²) in [5, 5.41) is 3.23. The maximum Gasteiger partial charge on any atom is 0.233 e. The van der Waals surface area contributed by atoms with Crippen molar-refractivity contribution in [3.63, 3.8) is 0 Å². The Balaban J connectivity index is 1.99. The number of nitrogens with one attached hydrogen (secondary N) is 1. The number of methoxy groups -OCH3 is 1. The van der Waals surface area contributed by atoms with Crippen LogP contribution in [-0.4, -0.2) is 41.9 Å². The van der Waals surface area contributed by atoms with E-state index in [9.17, 15) is 0 Å². The van der Waals surface area contributed by atoms with E-state index in [0.29, 0.717) is 18.3 Å². The highest BCUT2D eigenvalue weighted by atomic mass is 16.5. The molecule has 3 N–H and O–H groups in total. The van der Waals surface area contributed by atoms with E-state index in [1.165, 1.54) is 0 Å². The molecule has 1 aliphatic carbocycles. The lowest BCUT2D eigenvalue weighted by Crippen LogP contribution is -2.60. The Morgan fingerprint density at radius 3 is 3.00 bits per heavy atom. The highest BCUT2D eigenvalue weighted by Gasteiger charge is 2.39. The summed E-state index contributed by atoms with van der Waals surface area (Å²) in [6.45, 7) is 2.67. The topological polar surface area (TPSA) is 82.3 Å². The molecule has 3 atom stereocenters. The Hall–Kier alpha value is -1.40. The van der Waals surface area contributed by atoms with Gasteiger partial charge in [-0.25, -0.2) is 0 Å². The van der Waals surface area contributed by atoms with Gasteiger partial charge in [0.1, 0.15) is 5.82 Å². The summed E-state index contributed by atoms with van der Waals surface area (Å²) in [6, 6.07) is 0.191. The van der Waals surface area contributed by atoms with E-state index in [1.807, 2.05) is 6.92 Å². The summed E-state index contributed by atoms with van der Waals surface area (Å²) in [6.07, 6.45) is 4.24. The van der Waals surface area contributed by atoms with Crippen molar-refractivity contribution in [1.29, 1.82) is 0 Å². The first-order valence-corrected chi connectivity index (χ1v) is 5.74. The van der Waals surface area contributed by atoms with Gasteiger partial charge in [-0.2, -0.15) is 4.98 Å². The van der Waals surface area contributed by atoms with Crippen LogP contribution in [0.1, 0.15) is 13.3 Å². The molecule has 1 aliphatic rings. The first-order valence-electron chi connectivity index (χ1n) is 5.74. The van der Waals surface area contributed by atoms with Crippen molar-refractivity contribution in [2.24, 2.45) is 5.73 Å². The number of nitrogens with two attached hydrogens (primary N) is 1. The van der Waals surface area contributed by atoms with Crippen LogP contribution in [0.2, 0.25) is 0 Å². The van der Waals surface area contributed by atoms with Crippen LogP contribution in [0.25, 0.3) is 0 Å². The van der Waals surface area contributed by atoms with Crippen LogP contribution in [0, 0.1) is 0 Å². The van der Waals surface area contributed by atoms with Gasteiger partial charge in [0, 0.05) is 12.6 Å². The van der Waals surface area contributed by atoms with E-state index in [0.717, 1.165) is 6.42 Å². The molecule has 0 bridgehead atoms. The largest absolute Gasteiger partial charge is 0.480 e. The molecule has 17 heavy (non-hydrogen) atoms. The van der Waals surface area contributed by atoms with Gasteiger partial charge in [0.15, 0.2) is 0 Å². The Morgan fingerprint density at radius 2 is 2.35 bits per heavy atom. The van der Waals surface area contributed by atoms with E-state index >= 15 is 0 Å². The van der Waals surface area contributed by atoms with Gasteiger partial charge in [-0.15, -0.1) is 0 Å². The van der Waals surface area contributed by atoms with Gasteiger partial charge >= 0.3 is 0 Å². The smallest absolute Gasteiger partial charge is 0.233 e. The van der Waals surface area contributed by atoms with Gasteiger partial charge in [-0.3, -0.25) is 4.98 Å². The van der Waals surface area contributed by atoms with Crippen LogP contribution in [0.15, 0.2) is 12.4 Å². The number of nitrogens with zero attached hydrogens (tertiary/aromatic N) is 2. The fourth-order valence-corrected chi connectivity index (χ4v) is 1.91. The Morgan fingerprint density at radius 1 is 1.53 bits per heavy atom. The molecule has 1 fully saturated rings. The minimum Gasteiger partial charge on any atom is -0.480 e. The standard InChI is InChI=1S/C11H18N4O2/c1-3-17-8-4-7(12)11(8)15-9-5-13-6-10(14-9)16-2/h5-8,11H,3-4,12H2,1-2H3,(H,14,15). The first-order chi connectivity index (χ1) is 8.24. The number of ether oxygens (including phenoxy) is 2. The monoisotopic (exact) mass is 238 g/mol. The molecule has 0 saturated heterocycles. The van der Waals surface area contributed by atoms with Crippen LogP contribution in [0.5, 0.6) is 5.88 Å². The van der Waals surface area contributed by atoms with Gasteiger partial charge in [0.25, 0.3) is 0 Å². The molecule has 0 aromatic carbocycles. The molecule has 2 rings (SSSR count). The minimum absolute atomic E-state index is 0.0938. The molecular formula is C11H18N4O2. The molecule has 94 valence electrons. The maximum atomic E-state index is 5.94. The molecular weight excluding hydrogens is 220 g/mol. The van der Waals surface area contributed by atoms with Gasteiger partial charge in [-0.1, -0.05) is 0 Å². The van der Waals surface area contributed by atoms with Crippen molar-refractivity contribution >= 4 is 5.82 Å². The summed E-state index contributed by atoms with van der Waals surface area (Å²) in [5.41, 5.74) is 5.94. The zero-order chi connectivity index (χ0) is 12.3. The summed E-state index contributed by atoms with van der Waals surface area (Å²) in [5.74, 6) is 1.14. The van der Waals surface area contributed by atoms with Crippen LogP contribution in [-0.2, 0) is 4.74 Å². The van der Waals surface area contributed by atoms with Crippen molar-refractivity contribution in [3.8, 4) is 5.88 Å². The number of aromatic nitrogens is 2. The maximum absolute atomic E-state index is 5.94. The van der Waals surface area contributed by atoms with E-state index in [4.69, 9.17) is 15.2 Å². The van der Waals surface area contributed by atoms with Crippen molar-refractivity contribution in [3.05, 3.63) is 12.4 Å². The fourth-order valence-electron chi connectivity index (χ4n) is 1.91. The van der Waals surface area contributed by atoms with Gasteiger partial charge < -0.3 is 20.5 Å². The molecule has 1 aromatic rings. The third-order valence-electron chi connectivity index (χ3n) is 2.88. The van der Waals surface area contributed by atoms with Crippen molar-refractivity contribution in [2.45, 2.75) is 31.5 Å².